The topological polar surface area (TPSA) is 69.6 Å². The summed E-state index contributed by atoms with van der Waals surface area (Å²) in [7, 11) is 0. The molecule has 0 aromatic rings. The molecule has 4 unspecified atom stereocenters. The van der Waals surface area contributed by atoms with Crippen LogP contribution in [-0.2, 0) is 9.59 Å². The van der Waals surface area contributed by atoms with E-state index < -0.39 is 5.97 Å². The smallest absolute Gasteiger partial charge is 0.305 e. The van der Waals surface area contributed by atoms with Crippen molar-refractivity contribution in [2.75, 3.05) is 0 Å². The number of carboxylic acids is 1. The van der Waals surface area contributed by atoms with E-state index in [9.17, 15) is 9.59 Å². The zero-order valence-corrected chi connectivity index (χ0v) is 12.3. The monoisotopic (exact) mass is 270 g/mol. The normalized spacial score (nSPS) is 26.9. The second-order valence-corrected chi connectivity index (χ2v) is 5.61. The first kappa shape index (κ1) is 16.0. The highest BCUT2D eigenvalue weighted by molar-refractivity contribution is 5.82. The number of carbonyl (C=O) groups is 2. The summed E-state index contributed by atoms with van der Waals surface area (Å²) in [6.07, 6.45) is 2.85. The van der Waals surface area contributed by atoms with Gasteiger partial charge in [-0.25, -0.2) is 0 Å². The van der Waals surface area contributed by atoms with Crippen molar-refractivity contribution in [1.82, 2.24) is 10.2 Å². The molecule has 0 radical (unpaired) electrons. The number of rotatable bonds is 6. The lowest BCUT2D eigenvalue weighted by molar-refractivity contribution is -0.138. The van der Waals surface area contributed by atoms with Gasteiger partial charge in [0.2, 0.25) is 5.91 Å². The minimum absolute atomic E-state index is 0.0138. The summed E-state index contributed by atoms with van der Waals surface area (Å²) in [5.41, 5.74) is 0. The number of carbonyl (C=O) groups excluding carboxylic acids is 1. The molecule has 0 bridgehead atoms. The summed E-state index contributed by atoms with van der Waals surface area (Å²) in [4.78, 5) is 25.2. The highest BCUT2D eigenvalue weighted by Gasteiger charge is 2.34. The van der Waals surface area contributed by atoms with Crippen molar-refractivity contribution in [3.63, 3.8) is 0 Å². The standard InChI is InChI=1S/C14H26N2O3/c1-5-12(8-13(17)18)15-14(19)11(4)16-9(2)6-7-10(16)3/h9-12H,5-8H2,1-4H3,(H,15,19)(H,17,18). The number of carboxylic acid groups (broad SMARTS) is 1. The third kappa shape index (κ3) is 4.20. The Morgan fingerprint density at radius 2 is 1.84 bits per heavy atom. The maximum absolute atomic E-state index is 12.2. The first-order valence-electron chi connectivity index (χ1n) is 7.16. The number of amides is 1. The highest BCUT2D eigenvalue weighted by Crippen LogP contribution is 2.25. The van der Waals surface area contributed by atoms with Crippen LogP contribution < -0.4 is 5.32 Å². The molecular weight excluding hydrogens is 244 g/mol. The number of aliphatic carboxylic acids is 1. The number of likely N-dealkylation sites (tertiary alicyclic amines) is 1. The molecule has 110 valence electrons. The fraction of sp³-hybridized carbons (Fsp3) is 0.857. The SMILES string of the molecule is CCC(CC(=O)O)NC(=O)C(C)N1C(C)CCC1C. The maximum Gasteiger partial charge on any atom is 0.305 e. The average molecular weight is 270 g/mol. The van der Waals surface area contributed by atoms with Gasteiger partial charge in [-0.1, -0.05) is 6.92 Å². The summed E-state index contributed by atoms with van der Waals surface area (Å²) in [5, 5.41) is 11.7. The van der Waals surface area contributed by atoms with Crippen molar-refractivity contribution < 1.29 is 14.7 Å². The summed E-state index contributed by atoms with van der Waals surface area (Å²) >= 11 is 0. The summed E-state index contributed by atoms with van der Waals surface area (Å²) in [5.74, 6) is -0.934. The molecule has 1 amide bonds. The molecule has 1 aliphatic rings. The summed E-state index contributed by atoms with van der Waals surface area (Å²) < 4.78 is 0. The van der Waals surface area contributed by atoms with E-state index in [4.69, 9.17) is 5.11 Å². The fourth-order valence-electron chi connectivity index (χ4n) is 2.94. The molecule has 0 aliphatic carbocycles. The van der Waals surface area contributed by atoms with Gasteiger partial charge in [0.05, 0.1) is 12.5 Å². The minimum Gasteiger partial charge on any atom is -0.481 e. The molecule has 0 aromatic heterocycles. The van der Waals surface area contributed by atoms with Crippen LogP contribution in [0.15, 0.2) is 0 Å². The molecule has 0 saturated carbocycles. The molecular formula is C14H26N2O3. The van der Waals surface area contributed by atoms with Gasteiger partial charge < -0.3 is 10.4 Å². The predicted molar refractivity (Wildman–Crippen MR) is 73.9 cm³/mol. The molecule has 0 spiro atoms. The molecule has 2 N–H and O–H groups in total. The van der Waals surface area contributed by atoms with Crippen LogP contribution in [0.2, 0.25) is 0 Å². The molecule has 19 heavy (non-hydrogen) atoms. The van der Waals surface area contributed by atoms with E-state index in [1.807, 2.05) is 13.8 Å². The molecule has 5 heteroatoms. The molecule has 0 aromatic carbocycles. The van der Waals surface area contributed by atoms with Crippen LogP contribution in [0.4, 0.5) is 0 Å². The molecule has 1 heterocycles. The third-order valence-electron chi connectivity index (χ3n) is 4.11. The molecule has 1 aliphatic heterocycles. The van der Waals surface area contributed by atoms with Crippen molar-refractivity contribution in [1.29, 1.82) is 0 Å². The summed E-state index contributed by atoms with van der Waals surface area (Å²) in [6, 6.07) is 0.349. The van der Waals surface area contributed by atoms with Crippen LogP contribution in [0.3, 0.4) is 0 Å². The second kappa shape index (κ2) is 6.89. The Bertz CT molecular complexity index is 323. The van der Waals surface area contributed by atoms with Crippen molar-refractivity contribution in [2.24, 2.45) is 0 Å². The average Bonchev–Trinajstić information content (AvgIpc) is 2.66. The Balaban J connectivity index is 2.58. The van der Waals surface area contributed by atoms with Crippen LogP contribution >= 0.6 is 0 Å². The molecule has 5 nitrogen and oxygen atoms in total. The van der Waals surface area contributed by atoms with E-state index in [0.29, 0.717) is 18.5 Å². The number of nitrogens with one attached hydrogen (secondary N) is 1. The number of hydrogen-bond donors (Lipinski definition) is 2. The van der Waals surface area contributed by atoms with Gasteiger partial charge in [-0.3, -0.25) is 14.5 Å². The van der Waals surface area contributed by atoms with Crippen molar-refractivity contribution in [2.45, 2.75) is 77.5 Å². The molecule has 4 atom stereocenters. The number of nitrogens with zero attached hydrogens (tertiary/aromatic N) is 1. The van der Waals surface area contributed by atoms with Gasteiger partial charge in [0.15, 0.2) is 0 Å². The maximum atomic E-state index is 12.2. The minimum atomic E-state index is -0.872. The van der Waals surface area contributed by atoms with Crippen LogP contribution in [0.1, 0.15) is 53.4 Å². The van der Waals surface area contributed by atoms with Crippen molar-refractivity contribution >= 4 is 11.9 Å². The summed E-state index contributed by atoms with van der Waals surface area (Å²) in [6.45, 7) is 8.07. The zero-order chi connectivity index (χ0) is 14.6. The van der Waals surface area contributed by atoms with Gasteiger partial charge >= 0.3 is 5.97 Å². The largest absolute Gasteiger partial charge is 0.481 e. The lowest BCUT2D eigenvalue weighted by Crippen LogP contribution is -2.51. The van der Waals surface area contributed by atoms with Crippen molar-refractivity contribution in [3.8, 4) is 0 Å². The first-order chi connectivity index (χ1) is 8.86. The quantitative estimate of drug-likeness (QED) is 0.769. The van der Waals surface area contributed by atoms with E-state index in [1.165, 1.54) is 0 Å². The van der Waals surface area contributed by atoms with E-state index in [1.54, 1.807) is 0 Å². The van der Waals surface area contributed by atoms with Gasteiger partial charge in [0, 0.05) is 18.1 Å². The fourth-order valence-corrected chi connectivity index (χ4v) is 2.94. The van der Waals surface area contributed by atoms with Gasteiger partial charge in [0.1, 0.15) is 0 Å². The lowest BCUT2D eigenvalue weighted by Gasteiger charge is -2.32. The Labute approximate surface area is 115 Å². The highest BCUT2D eigenvalue weighted by atomic mass is 16.4. The van der Waals surface area contributed by atoms with E-state index in [-0.39, 0.29) is 24.4 Å². The molecule has 1 fully saturated rings. The van der Waals surface area contributed by atoms with Gasteiger partial charge in [-0.2, -0.15) is 0 Å². The Morgan fingerprint density at radius 3 is 2.26 bits per heavy atom. The van der Waals surface area contributed by atoms with Crippen LogP contribution in [-0.4, -0.2) is 46.1 Å². The molecule has 1 saturated heterocycles. The van der Waals surface area contributed by atoms with Crippen molar-refractivity contribution in [3.05, 3.63) is 0 Å². The Morgan fingerprint density at radius 1 is 1.32 bits per heavy atom. The van der Waals surface area contributed by atoms with Gasteiger partial charge in [-0.15, -0.1) is 0 Å². The Kier molecular flexibility index (Phi) is 5.79. The molecule has 1 rings (SSSR count). The van der Waals surface area contributed by atoms with Crippen LogP contribution in [0, 0.1) is 0 Å². The predicted octanol–water partition coefficient (Wildman–Crippen LogP) is 1.62. The van der Waals surface area contributed by atoms with E-state index in [0.717, 1.165) is 12.8 Å². The van der Waals surface area contributed by atoms with Crippen LogP contribution in [0.25, 0.3) is 0 Å². The Hall–Kier alpha value is -1.10. The second-order valence-electron chi connectivity index (χ2n) is 5.61. The van der Waals surface area contributed by atoms with Gasteiger partial charge in [-0.05, 0) is 40.0 Å². The number of hydrogen-bond acceptors (Lipinski definition) is 3. The third-order valence-corrected chi connectivity index (χ3v) is 4.11. The zero-order valence-electron chi connectivity index (χ0n) is 12.3. The lowest BCUT2D eigenvalue weighted by atomic mass is 10.1. The van der Waals surface area contributed by atoms with E-state index >= 15 is 0 Å². The van der Waals surface area contributed by atoms with E-state index in [2.05, 4.69) is 24.1 Å². The van der Waals surface area contributed by atoms with Crippen LogP contribution in [0.5, 0.6) is 0 Å². The first-order valence-corrected chi connectivity index (χ1v) is 7.16. The van der Waals surface area contributed by atoms with Gasteiger partial charge in [0.25, 0.3) is 0 Å².